The summed E-state index contributed by atoms with van der Waals surface area (Å²) in [6, 6.07) is 5.45. The van der Waals surface area contributed by atoms with Gasteiger partial charge in [-0.05, 0) is 30.7 Å². The highest BCUT2D eigenvalue weighted by Crippen LogP contribution is 2.27. The second-order valence-corrected chi connectivity index (χ2v) is 9.36. The van der Waals surface area contributed by atoms with Crippen LogP contribution in [-0.2, 0) is 16.0 Å². The number of rotatable bonds is 8. The van der Waals surface area contributed by atoms with Gasteiger partial charge >= 0.3 is 0 Å². The van der Waals surface area contributed by atoms with Crippen molar-refractivity contribution in [3.63, 3.8) is 0 Å². The Hall–Kier alpha value is -3.59. The summed E-state index contributed by atoms with van der Waals surface area (Å²) >= 11 is 6.01. The number of aryl methyl sites for hydroxylation is 1. The van der Waals surface area contributed by atoms with Crippen LogP contribution in [-0.4, -0.2) is 33.9 Å². The number of phenols is 1. The molecule has 9 nitrogen and oxygen atoms in total. The lowest BCUT2D eigenvalue weighted by Crippen LogP contribution is -2.51. The molecule has 0 aliphatic carbocycles. The van der Waals surface area contributed by atoms with E-state index >= 15 is 0 Å². The summed E-state index contributed by atoms with van der Waals surface area (Å²) in [6.07, 6.45) is 2.84. The van der Waals surface area contributed by atoms with Gasteiger partial charge in [0.25, 0.3) is 5.91 Å². The largest absolute Gasteiger partial charge is 0.506 e. The lowest BCUT2D eigenvalue weighted by molar-refractivity contribution is -0.133. The highest BCUT2D eigenvalue weighted by molar-refractivity contribution is 6.32. The van der Waals surface area contributed by atoms with Gasteiger partial charge in [-0.2, -0.15) is 0 Å². The number of halogens is 1. The van der Waals surface area contributed by atoms with Crippen LogP contribution in [0.2, 0.25) is 5.02 Å². The molecule has 0 radical (unpaired) electrons. The summed E-state index contributed by atoms with van der Waals surface area (Å²) in [7, 11) is 0. The molecule has 0 fully saturated rings. The smallest absolute Gasteiger partial charge is 0.274 e. The Kier molecular flexibility index (Phi) is 7.46. The number of benzene rings is 1. The van der Waals surface area contributed by atoms with Gasteiger partial charge in [0, 0.05) is 23.5 Å². The third kappa shape index (κ3) is 6.05. The predicted octanol–water partition coefficient (Wildman–Crippen LogP) is 3.75. The van der Waals surface area contributed by atoms with E-state index in [1.165, 1.54) is 30.7 Å². The summed E-state index contributed by atoms with van der Waals surface area (Å²) in [5.74, 6) is -1.12. The van der Waals surface area contributed by atoms with E-state index in [4.69, 9.17) is 20.5 Å². The molecule has 2 amide bonds. The number of carbonyl (C=O) groups excluding carboxylic acids is 3. The zero-order chi connectivity index (χ0) is 25.0. The summed E-state index contributed by atoms with van der Waals surface area (Å²) in [5, 5.41) is 18.9. The van der Waals surface area contributed by atoms with E-state index in [0.29, 0.717) is 16.9 Å². The normalized spacial score (nSPS) is 13.2. The Morgan fingerprint density at radius 3 is 2.44 bits per heavy atom. The molecule has 3 rings (SSSR count). The van der Waals surface area contributed by atoms with Crippen molar-refractivity contribution in [2.75, 3.05) is 0 Å². The highest BCUT2D eigenvalue weighted by Gasteiger charge is 2.34. The number of furan rings is 1. The molecule has 2 heterocycles. The van der Waals surface area contributed by atoms with Crippen LogP contribution < -0.4 is 10.6 Å². The molecule has 0 spiro atoms. The number of amides is 2. The number of nitrogens with one attached hydrogen (secondary N) is 2. The van der Waals surface area contributed by atoms with E-state index in [2.05, 4.69) is 15.8 Å². The lowest BCUT2D eigenvalue weighted by Gasteiger charge is -2.27. The van der Waals surface area contributed by atoms with Gasteiger partial charge in [0.05, 0.1) is 17.5 Å². The third-order valence-corrected chi connectivity index (χ3v) is 5.40. The van der Waals surface area contributed by atoms with Gasteiger partial charge in [0.1, 0.15) is 23.6 Å². The number of aromatic hydroxyl groups is 1. The number of nitrogens with zero attached hydrogens (tertiary/aromatic N) is 1. The zero-order valence-electron chi connectivity index (χ0n) is 19.2. The van der Waals surface area contributed by atoms with E-state index in [1.807, 2.05) is 0 Å². The lowest BCUT2D eigenvalue weighted by atomic mass is 9.84. The Morgan fingerprint density at radius 1 is 1.15 bits per heavy atom. The minimum atomic E-state index is -1.09. The predicted molar refractivity (Wildman–Crippen MR) is 123 cm³/mol. The summed E-state index contributed by atoms with van der Waals surface area (Å²) in [5.41, 5.74) is 0.326. The van der Waals surface area contributed by atoms with Gasteiger partial charge in [-0.1, -0.05) is 43.6 Å². The van der Waals surface area contributed by atoms with E-state index < -0.39 is 29.3 Å². The van der Waals surface area contributed by atoms with Crippen molar-refractivity contribution in [1.29, 1.82) is 0 Å². The minimum absolute atomic E-state index is 0.0104. The van der Waals surface area contributed by atoms with Crippen LogP contribution in [0.1, 0.15) is 54.2 Å². The van der Waals surface area contributed by atoms with Crippen LogP contribution in [0.15, 0.2) is 51.8 Å². The maximum Gasteiger partial charge on any atom is 0.274 e. The van der Waals surface area contributed by atoms with Gasteiger partial charge in [0.2, 0.25) is 5.91 Å². The van der Waals surface area contributed by atoms with Crippen molar-refractivity contribution in [2.45, 2.75) is 46.2 Å². The first-order chi connectivity index (χ1) is 16.0. The second kappa shape index (κ2) is 10.1. The molecule has 2 aromatic heterocycles. The number of ketones is 1. The topological polar surface area (TPSA) is 135 Å². The van der Waals surface area contributed by atoms with Gasteiger partial charge in [-0.25, -0.2) is 0 Å². The van der Waals surface area contributed by atoms with Crippen molar-refractivity contribution < 1.29 is 28.4 Å². The number of hydrogen-bond donors (Lipinski definition) is 3. The molecular formula is C24H26ClN3O6. The standard InChI is InChI=1S/C24H26ClN3O6/c1-13-9-18(28-34-13)23(32)26-17(11-14-5-6-19(29)16(25)10-14)22(31)27-20(15-7-8-33-12-15)21(30)24(2,3)4/h5-10,12,17,20,29H,11H2,1-4H3,(H,26,32)(H,27,31)/t17-,20-/m0/s1. The van der Waals surface area contributed by atoms with Crippen molar-refractivity contribution >= 4 is 29.2 Å². The average molecular weight is 488 g/mol. The number of hydrogen-bond acceptors (Lipinski definition) is 7. The van der Waals surface area contributed by atoms with Crippen molar-refractivity contribution in [3.8, 4) is 5.75 Å². The van der Waals surface area contributed by atoms with Gasteiger partial charge in [-0.3, -0.25) is 14.4 Å². The molecular weight excluding hydrogens is 462 g/mol. The van der Waals surface area contributed by atoms with Crippen LogP contribution >= 0.6 is 11.6 Å². The number of Topliss-reactive ketones (excluding diaryl/α,β-unsaturated/α-hetero) is 1. The fourth-order valence-corrected chi connectivity index (χ4v) is 3.45. The zero-order valence-corrected chi connectivity index (χ0v) is 20.0. The minimum Gasteiger partial charge on any atom is -0.506 e. The Morgan fingerprint density at radius 2 is 1.88 bits per heavy atom. The maximum absolute atomic E-state index is 13.4. The quantitative estimate of drug-likeness (QED) is 0.440. The molecule has 34 heavy (non-hydrogen) atoms. The molecule has 0 saturated carbocycles. The monoisotopic (exact) mass is 487 g/mol. The fourth-order valence-electron chi connectivity index (χ4n) is 3.24. The summed E-state index contributed by atoms with van der Waals surface area (Å²) in [4.78, 5) is 39.2. The molecule has 0 aliphatic heterocycles. The molecule has 10 heteroatoms. The average Bonchev–Trinajstić information content (AvgIpc) is 3.45. The van der Waals surface area contributed by atoms with Gasteiger partial charge < -0.3 is 24.7 Å². The van der Waals surface area contributed by atoms with Crippen LogP contribution in [0.3, 0.4) is 0 Å². The van der Waals surface area contributed by atoms with Crippen molar-refractivity contribution in [2.24, 2.45) is 5.41 Å². The van der Waals surface area contributed by atoms with Crippen molar-refractivity contribution in [3.05, 3.63) is 70.5 Å². The summed E-state index contributed by atoms with van der Waals surface area (Å²) < 4.78 is 10.1. The summed E-state index contributed by atoms with van der Waals surface area (Å²) in [6.45, 7) is 6.89. The first-order valence-corrected chi connectivity index (χ1v) is 10.9. The van der Waals surface area contributed by atoms with Gasteiger partial charge in [-0.15, -0.1) is 0 Å². The molecule has 0 saturated heterocycles. The van der Waals surface area contributed by atoms with E-state index in [0.717, 1.165) is 0 Å². The molecule has 3 aromatic rings. The molecule has 180 valence electrons. The van der Waals surface area contributed by atoms with Crippen LogP contribution in [0.25, 0.3) is 0 Å². The first-order valence-electron chi connectivity index (χ1n) is 10.5. The Bertz CT molecular complexity index is 1180. The van der Waals surface area contributed by atoms with Crippen molar-refractivity contribution in [1.82, 2.24) is 15.8 Å². The highest BCUT2D eigenvalue weighted by atomic mass is 35.5. The van der Waals surface area contributed by atoms with Gasteiger partial charge in [0.15, 0.2) is 11.5 Å². The number of phenolic OH excluding ortho intramolecular Hbond substituents is 1. The number of aromatic nitrogens is 1. The Balaban J connectivity index is 1.89. The first kappa shape index (κ1) is 25.0. The van der Waals surface area contributed by atoms with E-state index in [9.17, 15) is 19.5 Å². The van der Waals surface area contributed by atoms with Crippen LogP contribution in [0.4, 0.5) is 0 Å². The van der Waals surface area contributed by atoms with E-state index in [-0.39, 0.29) is 28.7 Å². The molecule has 3 N–H and O–H groups in total. The van der Waals surface area contributed by atoms with E-state index in [1.54, 1.807) is 39.8 Å². The fraction of sp³-hybridized carbons (Fsp3) is 0.333. The number of carbonyl (C=O) groups is 3. The molecule has 0 unspecified atom stereocenters. The molecule has 1 aromatic carbocycles. The third-order valence-electron chi connectivity index (χ3n) is 5.10. The molecule has 0 aliphatic rings. The maximum atomic E-state index is 13.4. The molecule has 0 bridgehead atoms. The van der Waals surface area contributed by atoms with Crippen LogP contribution in [0.5, 0.6) is 5.75 Å². The SMILES string of the molecule is Cc1cc(C(=O)N[C@@H](Cc2ccc(O)c(Cl)c2)C(=O)N[C@H](C(=O)C(C)(C)C)c2ccoc2)no1. The van der Waals surface area contributed by atoms with Crippen LogP contribution in [0, 0.1) is 12.3 Å². The second-order valence-electron chi connectivity index (χ2n) is 8.95. The molecule has 2 atom stereocenters. The Labute approximate surface area is 201 Å².